The molecule has 1 atom stereocenters. The first-order chi connectivity index (χ1) is 9.88. The van der Waals surface area contributed by atoms with Crippen molar-refractivity contribution in [2.45, 2.75) is 19.9 Å². The van der Waals surface area contributed by atoms with Crippen molar-refractivity contribution in [3.63, 3.8) is 0 Å². The maximum absolute atomic E-state index is 12.0. The van der Waals surface area contributed by atoms with Crippen LogP contribution in [-0.2, 0) is 9.53 Å². The molecule has 0 N–H and O–H groups in total. The number of allylic oxidation sites excluding steroid dienone is 1. The Kier molecular flexibility index (Phi) is 3.93. The second-order valence-corrected chi connectivity index (χ2v) is 4.59. The topological polar surface area (TPSA) is 98.9 Å². The number of rotatable bonds is 3. The van der Waals surface area contributed by atoms with Gasteiger partial charge in [-0.25, -0.2) is 9.79 Å². The Labute approximate surface area is 120 Å². The van der Waals surface area contributed by atoms with E-state index in [0.717, 1.165) is 5.56 Å². The van der Waals surface area contributed by atoms with Crippen molar-refractivity contribution in [1.82, 2.24) is 0 Å². The summed E-state index contributed by atoms with van der Waals surface area (Å²) in [6.45, 7) is 3.30. The molecule has 0 radical (unpaired) electrons. The van der Waals surface area contributed by atoms with Crippen molar-refractivity contribution in [2.75, 3.05) is 0 Å². The van der Waals surface area contributed by atoms with Crippen LogP contribution in [0.25, 0.3) is 0 Å². The second-order valence-electron chi connectivity index (χ2n) is 4.59. The highest BCUT2D eigenvalue weighted by Crippen LogP contribution is 2.18. The first-order valence-corrected chi connectivity index (χ1v) is 6.11. The molecule has 1 aliphatic rings. The van der Waals surface area contributed by atoms with Crippen LogP contribution in [0.15, 0.2) is 41.1 Å². The van der Waals surface area contributed by atoms with Crippen molar-refractivity contribution in [3.05, 3.63) is 57.3 Å². The highest BCUT2D eigenvalue weighted by Gasteiger charge is 2.39. The van der Waals surface area contributed by atoms with Crippen LogP contribution >= 0.6 is 0 Å². The maximum atomic E-state index is 12.0. The first kappa shape index (κ1) is 14.6. The molecule has 0 fully saturated rings. The third-order valence-electron chi connectivity index (χ3n) is 2.82. The summed E-state index contributed by atoms with van der Waals surface area (Å²) in [6.07, 6.45) is 1.22. The lowest BCUT2D eigenvalue weighted by Crippen LogP contribution is -2.35. The number of nitrogens with zero attached hydrogens (tertiary/aromatic N) is 2. The molecule has 7 nitrogen and oxygen atoms in total. The number of carbonyl (C=O) groups is 2. The number of esters is 1. The molecule has 0 saturated heterocycles. The Hall–Kier alpha value is -2.83. The van der Waals surface area contributed by atoms with E-state index < -0.39 is 22.8 Å². The summed E-state index contributed by atoms with van der Waals surface area (Å²) in [4.78, 5) is 37.2. The number of aryl methyl sites for hydroxylation is 1. The number of hydrogen-bond acceptors (Lipinski definition) is 5. The highest BCUT2D eigenvalue weighted by atomic mass is 16.6. The molecular weight excluding hydrogens is 276 g/mol. The largest absolute Gasteiger partial charge is 0.419 e. The molecule has 108 valence electrons. The first-order valence-electron chi connectivity index (χ1n) is 6.11. The standard InChI is InChI=1S/C14H12N2O5/c1-8-4-3-5-10(6-8)14(18)21-11-7-9(2)15-13(17)12(11)16(19)20/h3-7,12H,1-2H3. The molecule has 1 aliphatic heterocycles. The Morgan fingerprint density at radius 1 is 1.38 bits per heavy atom. The van der Waals surface area contributed by atoms with Crippen molar-refractivity contribution in [3.8, 4) is 0 Å². The van der Waals surface area contributed by atoms with E-state index in [1.165, 1.54) is 19.1 Å². The Bertz CT molecular complexity index is 690. The van der Waals surface area contributed by atoms with E-state index in [2.05, 4.69) is 4.99 Å². The van der Waals surface area contributed by atoms with Gasteiger partial charge in [-0.2, -0.15) is 0 Å². The number of nitro groups is 1. The van der Waals surface area contributed by atoms with Gasteiger partial charge in [0.25, 0.3) is 0 Å². The van der Waals surface area contributed by atoms with Gasteiger partial charge in [0.05, 0.1) is 5.56 Å². The van der Waals surface area contributed by atoms with E-state index in [4.69, 9.17) is 4.74 Å². The summed E-state index contributed by atoms with van der Waals surface area (Å²) in [5.74, 6) is -2.02. The molecule has 2 rings (SSSR count). The van der Waals surface area contributed by atoms with Gasteiger partial charge >= 0.3 is 17.9 Å². The zero-order chi connectivity index (χ0) is 15.6. The summed E-state index contributed by atoms with van der Waals surface area (Å²) in [6, 6.07) is 4.82. The number of aliphatic imine (C=N–C) groups is 1. The summed E-state index contributed by atoms with van der Waals surface area (Å²) < 4.78 is 5.03. The maximum Gasteiger partial charge on any atom is 0.348 e. The van der Waals surface area contributed by atoms with Crippen LogP contribution in [0.4, 0.5) is 0 Å². The van der Waals surface area contributed by atoms with Gasteiger partial charge in [-0.3, -0.25) is 14.9 Å². The normalized spacial score (nSPS) is 17.8. The van der Waals surface area contributed by atoms with Crippen LogP contribution in [0.2, 0.25) is 0 Å². The fourth-order valence-corrected chi connectivity index (χ4v) is 1.89. The second kappa shape index (κ2) is 5.66. The average molecular weight is 288 g/mol. The van der Waals surface area contributed by atoms with E-state index in [-0.39, 0.29) is 17.0 Å². The smallest absolute Gasteiger partial charge is 0.348 e. The van der Waals surface area contributed by atoms with E-state index >= 15 is 0 Å². The predicted octanol–water partition coefficient (Wildman–Crippen LogP) is 1.68. The van der Waals surface area contributed by atoms with Crippen LogP contribution in [0.1, 0.15) is 22.8 Å². The zero-order valence-electron chi connectivity index (χ0n) is 11.4. The number of carbonyl (C=O) groups excluding carboxylic acids is 2. The fourth-order valence-electron chi connectivity index (χ4n) is 1.89. The minimum Gasteiger partial charge on any atom is -0.419 e. The molecule has 7 heteroatoms. The molecule has 1 heterocycles. The Morgan fingerprint density at radius 2 is 2.10 bits per heavy atom. The zero-order valence-corrected chi connectivity index (χ0v) is 11.4. The van der Waals surface area contributed by atoms with Gasteiger partial charge in [-0.15, -0.1) is 0 Å². The van der Waals surface area contributed by atoms with Gasteiger partial charge in [-0.05, 0) is 26.0 Å². The molecule has 0 aliphatic carbocycles. The van der Waals surface area contributed by atoms with Crippen LogP contribution in [0.5, 0.6) is 0 Å². The Balaban J connectivity index is 2.28. The monoisotopic (exact) mass is 288 g/mol. The third-order valence-corrected chi connectivity index (χ3v) is 2.82. The van der Waals surface area contributed by atoms with Crippen LogP contribution in [0, 0.1) is 17.0 Å². The minimum atomic E-state index is -1.78. The number of benzene rings is 1. The highest BCUT2D eigenvalue weighted by molar-refractivity contribution is 6.06. The van der Waals surface area contributed by atoms with Crippen molar-refractivity contribution < 1.29 is 19.2 Å². The molecule has 0 saturated carbocycles. The molecule has 0 spiro atoms. The van der Waals surface area contributed by atoms with Gasteiger partial charge in [-0.1, -0.05) is 17.7 Å². The van der Waals surface area contributed by atoms with Gasteiger partial charge in [0.15, 0.2) is 5.76 Å². The lowest BCUT2D eigenvalue weighted by Gasteiger charge is -2.14. The Morgan fingerprint density at radius 3 is 2.71 bits per heavy atom. The van der Waals surface area contributed by atoms with Crippen molar-refractivity contribution in [1.29, 1.82) is 0 Å². The van der Waals surface area contributed by atoms with Crippen LogP contribution in [0.3, 0.4) is 0 Å². The molecule has 1 aromatic rings. The lowest BCUT2D eigenvalue weighted by atomic mass is 10.1. The van der Waals surface area contributed by atoms with E-state index in [1.807, 2.05) is 0 Å². The summed E-state index contributed by atoms with van der Waals surface area (Å²) in [7, 11) is 0. The SMILES string of the molecule is CC1=NC(=O)C([N+](=O)[O-])C(OC(=O)c2cccc(C)c2)=C1. The molecular formula is C14H12N2O5. The van der Waals surface area contributed by atoms with Crippen LogP contribution in [-0.4, -0.2) is 28.6 Å². The molecule has 1 unspecified atom stereocenters. The number of dihydropyridines is 1. The minimum absolute atomic E-state index is 0.255. The summed E-state index contributed by atoms with van der Waals surface area (Å²) >= 11 is 0. The van der Waals surface area contributed by atoms with E-state index in [1.54, 1.807) is 25.1 Å². The van der Waals surface area contributed by atoms with E-state index in [9.17, 15) is 19.7 Å². The molecule has 1 amide bonds. The van der Waals surface area contributed by atoms with Gasteiger partial charge in [0, 0.05) is 16.7 Å². The quantitative estimate of drug-likeness (QED) is 0.478. The van der Waals surface area contributed by atoms with Gasteiger partial charge in [0.2, 0.25) is 0 Å². The number of hydrogen-bond donors (Lipinski definition) is 0. The van der Waals surface area contributed by atoms with Crippen molar-refractivity contribution in [2.24, 2.45) is 4.99 Å². The molecule has 0 aromatic heterocycles. The third kappa shape index (κ3) is 3.19. The number of amides is 1. The van der Waals surface area contributed by atoms with Gasteiger partial charge in [0.1, 0.15) is 0 Å². The lowest BCUT2D eigenvalue weighted by molar-refractivity contribution is -0.501. The number of ether oxygens (including phenoxy) is 1. The predicted molar refractivity (Wildman–Crippen MR) is 73.6 cm³/mol. The molecule has 21 heavy (non-hydrogen) atoms. The van der Waals surface area contributed by atoms with Crippen molar-refractivity contribution >= 4 is 17.6 Å². The van der Waals surface area contributed by atoms with Gasteiger partial charge < -0.3 is 4.74 Å². The summed E-state index contributed by atoms with van der Waals surface area (Å²) in [5, 5.41) is 10.9. The molecule has 1 aromatic carbocycles. The van der Waals surface area contributed by atoms with E-state index in [0.29, 0.717) is 0 Å². The van der Waals surface area contributed by atoms with Crippen LogP contribution < -0.4 is 0 Å². The molecule has 0 bridgehead atoms. The summed E-state index contributed by atoms with van der Waals surface area (Å²) in [5.41, 5.74) is 1.36. The average Bonchev–Trinajstić information content (AvgIpc) is 2.37. The fraction of sp³-hybridized carbons (Fsp3) is 0.214.